The van der Waals surface area contributed by atoms with Crippen molar-refractivity contribution in [3.63, 3.8) is 0 Å². The van der Waals surface area contributed by atoms with Crippen molar-refractivity contribution in [1.82, 2.24) is 4.90 Å². The number of nitrogens with zero attached hydrogens (tertiary/aromatic N) is 1. The molecule has 1 unspecified atom stereocenters. The van der Waals surface area contributed by atoms with E-state index in [-0.39, 0.29) is 17.7 Å². The predicted molar refractivity (Wildman–Crippen MR) is 60.8 cm³/mol. The van der Waals surface area contributed by atoms with Gasteiger partial charge in [-0.3, -0.25) is 9.59 Å². The minimum absolute atomic E-state index is 0.0491. The standard InChI is InChI=1S/C12H17NO3/c1-3-4-5-6-11(14)13-7-10(8-13)9(2)12(15)16/h3-6,9-10H,7-8H2,1-2H3,(H,15,16). The van der Waals surface area contributed by atoms with Gasteiger partial charge in [-0.1, -0.05) is 25.2 Å². The molecule has 1 amide bonds. The molecule has 0 saturated carbocycles. The summed E-state index contributed by atoms with van der Waals surface area (Å²) < 4.78 is 0. The molecule has 0 spiro atoms. The second kappa shape index (κ2) is 5.49. The molecule has 0 radical (unpaired) electrons. The van der Waals surface area contributed by atoms with Gasteiger partial charge in [0.25, 0.3) is 0 Å². The van der Waals surface area contributed by atoms with Gasteiger partial charge in [-0.15, -0.1) is 0 Å². The maximum Gasteiger partial charge on any atom is 0.306 e. The van der Waals surface area contributed by atoms with Crippen LogP contribution in [-0.4, -0.2) is 35.0 Å². The van der Waals surface area contributed by atoms with E-state index >= 15 is 0 Å². The number of likely N-dealkylation sites (tertiary alicyclic amines) is 1. The molecule has 1 rings (SSSR count). The van der Waals surface area contributed by atoms with Gasteiger partial charge in [0.15, 0.2) is 0 Å². The van der Waals surface area contributed by atoms with E-state index in [1.165, 1.54) is 6.08 Å². The molecule has 1 atom stereocenters. The maximum absolute atomic E-state index is 11.5. The first kappa shape index (κ1) is 12.5. The molecule has 16 heavy (non-hydrogen) atoms. The Kier molecular flexibility index (Phi) is 4.28. The molecule has 0 aromatic carbocycles. The van der Waals surface area contributed by atoms with Crippen LogP contribution in [0.4, 0.5) is 0 Å². The molecule has 1 heterocycles. The first-order chi connectivity index (χ1) is 7.56. The summed E-state index contributed by atoms with van der Waals surface area (Å²) in [5.41, 5.74) is 0. The Hall–Kier alpha value is -1.58. The molecule has 4 nitrogen and oxygen atoms in total. The highest BCUT2D eigenvalue weighted by Gasteiger charge is 2.36. The van der Waals surface area contributed by atoms with Crippen LogP contribution >= 0.6 is 0 Å². The van der Waals surface area contributed by atoms with Crippen molar-refractivity contribution in [2.24, 2.45) is 11.8 Å². The third-order valence-corrected chi connectivity index (χ3v) is 2.86. The van der Waals surface area contributed by atoms with Crippen LogP contribution in [0.3, 0.4) is 0 Å². The van der Waals surface area contributed by atoms with Crippen LogP contribution in [0.5, 0.6) is 0 Å². The van der Waals surface area contributed by atoms with Gasteiger partial charge < -0.3 is 10.0 Å². The van der Waals surface area contributed by atoms with Crippen LogP contribution in [0, 0.1) is 11.8 Å². The zero-order valence-electron chi connectivity index (χ0n) is 9.59. The van der Waals surface area contributed by atoms with Crippen molar-refractivity contribution in [2.75, 3.05) is 13.1 Å². The molecule has 1 fully saturated rings. The molecule has 4 heteroatoms. The van der Waals surface area contributed by atoms with Gasteiger partial charge in [0.2, 0.25) is 5.91 Å². The second-order valence-corrected chi connectivity index (χ2v) is 4.02. The molecule has 88 valence electrons. The van der Waals surface area contributed by atoms with Gasteiger partial charge in [-0.05, 0) is 6.92 Å². The highest BCUT2D eigenvalue weighted by Crippen LogP contribution is 2.24. The van der Waals surface area contributed by atoms with Crippen LogP contribution in [0.25, 0.3) is 0 Å². The molecule has 0 bridgehead atoms. The summed E-state index contributed by atoms with van der Waals surface area (Å²) in [7, 11) is 0. The largest absolute Gasteiger partial charge is 0.481 e. The lowest BCUT2D eigenvalue weighted by molar-refractivity contribution is -0.148. The van der Waals surface area contributed by atoms with Crippen molar-refractivity contribution in [2.45, 2.75) is 13.8 Å². The number of hydrogen-bond donors (Lipinski definition) is 1. The molecule has 0 aromatic heterocycles. The van der Waals surface area contributed by atoms with Gasteiger partial charge >= 0.3 is 5.97 Å². The van der Waals surface area contributed by atoms with E-state index in [0.717, 1.165) is 0 Å². The lowest BCUT2D eigenvalue weighted by Gasteiger charge is -2.40. The summed E-state index contributed by atoms with van der Waals surface area (Å²) in [6, 6.07) is 0. The minimum atomic E-state index is -0.790. The SMILES string of the molecule is CC=CC=CC(=O)N1CC(C(C)C(=O)O)C1. The lowest BCUT2D eigenvalue weighted by Crippen LogP contribution is -2.53. The fourth-order valence-electron chi connectivity index (χ4n) is 1.56. The normalized spacial score (nSPS) is 19.0. The molecule has 0 aromatic rings. The van der Waals surface area contributed by atoms with Crippen molar-refractivity contribution in [1.29, 1.82) is 0 Å². The van der Waals surface area contributed by atoms with Gasteiger partial charge in [-0.2, -0.15) is 0 Å². The fraction of sp³-hybridized carbons (Fsp3) is 0.500. The fourth-order valence-corrected chi connectivity index (χ4v) is 1.56. The minimum Gasteiger partial charge on any atom is -0.481 e. The van der Waals surface area contributed by atoms with Crippen LogP contribution < -0.4 is 0 Å². The highest BCUT2D eigenvalue weighted by atomic mass is 16.4. The van der Waals surface area contributed by atoms with Gasteiger partial charge in [-0.25, -0.2) is 0 Å². The van der Waals surface area contributed by atoms with E-state index in [0.29, 0.717) is 13.1 Å². The molecular weight excluding hydrogens is 206 g/mol. The van der Waals surface area contributed by atoms with Crippen molar-refractivity contribution < 1.29 is 14.7 Å². The van der Waals surface area contributed by atoms with Gasteiger partial charge in [0.05, 0.1) is 5.92 Å². The van der Waals surface area contributed by atoms with Gasteiger partial charge in [0, 0.05) is 25.1 Å². The number of carbonyl (C=O) groups excluding carboxylic acids is 1. The van der Waals surface area contributed by atoms with E-state index in [1.54, 1.807) is 24.0 Å². The highest BCUT2D eigenvalue weighted by molar-refractivity contribution is 5.88. The van der Waals surface area contributed by atoms with Crippen molar-refractivity contribution in [3.8, 4) is 0 Å². The zero-order chi connectivity index (χ0) is 12.1. The smallest absolute Gasteiger partial charge is 0.306 e. The van der Waals surface area contributed by atoms with Crippen LogP contribution in [0.1, 0.15) is 13.8 Å². The molecule has 1 N–H and O–H groups in total. The quantitative estimate of drug-likeness (QED) is 0.577. The monoisotopic (exact) mass is 223 g/mol. The summed E-state index contributed by atoms with van der Waals surface area (Å²) in [4.78, 5) is 23.8. The van der Waals surface area contributed by atoms with E-state index < -0.39 is 5.97 Å². The number of hydrogen-bond acceptors (Lipinski definition) is 2. The first-order valence-corrected chi connectivity index (χ1v) is 5.37. The summed E-state index contributed by atoms with van der Waals surface area (Å²) in [5.74, 6) is -1.12. The topological polar surface area (TPSA) is 57.6 Å². The Morgan fingerprint density at radius 1 is 1.38 bits per heavy atom. The Morgan fingerprint density at radius 2 is 2.00 bits per heavy atom. The lowest BCUT2D eigenvalue weighted by atomic mass is 9.87. The van der Waals surface area contributed by atoms with Gasteiger partial charge in [0.1, 0.15) is 0 Å². The van der Waals surface area contributed by atoms with Crippen molar-refractivity contribution >= 4 is 11.9 Å². The average molecular weight is 223 g/mol. The Bertz CT molecular complexity index is 327. The molecular formula is C12H17NO3. The number of rotatable bonds is 4. The summed E-state index contributed by atoms with van der Waals surface area (Å²) in [6.45, 7) is 4.66. The first-order valence-electron chi connectivity index (χ1n) is 5.37. The Labute approximate surface area is 95.2 Å². The third kappa shape index (κ3) is 2.95. The van der Waals surface area contributed by atoms with E-state index in [9.17, 15) is 9.59 Å². The number of aliphatic carboxylic acids is 1. The Morgan fingerprint density at radius 3 is 2.50 bits per heavy atom. The van der Waals surface area contributed by atoms with Crippen molar-refractivity contribution in [3.05, 3.63) is 24.3 Å². The third-order valence-electron chi connectivity index (χ3n) is 2.86. The molecule has 0 aliphatic carbocycles. The molecule has 1 saturated heterocycles. The average Bonchev–Trinajstić information content (AvgIpc) is 2.15. The molecule has 1 aliphatic rings. The number of carbonyl (C=O) groups is 2. The number of allylic oxidation sites excluding steroid dienone is 3. The van der Waals surface area contributed by atoms with Crippen LogP contribution in [-0.2, 0) is 9.59 Å². The molecule has 1 aliphatic heterocycles. The van der Waals surface area contributed by atoms with Crippen LogP contribution in [0.15, 0.2) is 24.3 Å². The number of carboxylic acids is 1. The van der Waals surface area contributed by atoms with E-state index in [2.05, 4.69) is 0 Å². The van der Waals surface area contributed by atoms with E-state index in [4.69, 9.17) is 5.11 Å². The predicted octanol–water partition coefficient (Wildman–Crippen LogP) is 1.30. The van der Waals surface area contributed by atoms with Crippen LogP contribution in [0.2, 0.25) is 0 Å². The number of carboxylic acid groups (broad SMARTS) is 1. The summed E-state index contributed by atoms with van der Waals surface area (Å²) >= 11 is 0. The number of amides is 1. The summed E-state index contributed by atoms with van der Waals surface area (Å²) in [5, 5.41) is 8.79. The zero-order valence-corrected chi connectivity index (χ0v) is 9.59. The van der Waals surface area contributed by atoms with E-state index in [1.807, 2.05) is 13.0 Å². The Balaban J connectivity index is 2.35. The maximum atomic E-state index is 11.5. The second-order valence-electron chi connectivity index (χ2n) is 4.02. The summed E-state index contributed by atoms with van der Waals surface area (Å²) in [6.07, 6.45) is 6.82.